The van der Waals surface area contributed by atoms with Crippen LogP contribution in [0.2, 0.25) is 0 Å². The van der Waals surface area contributed by atoms with Gasteiger partial charge in [-0.05, 0) is 0 Å². The Morgan fingerprint density at radius 3 is 1.92 bits per heavy atom. The molecule has 0 saturated carbocycles. The smallest absolute Gasteiger partial charge is 0.0959 e. The van der Waals surface area contributed by atoms with Gasteiger partial charge in [0.25, 0.3) is 0 Å². The summed E-state index contributed by atoms with van der Waals surface area (Å²) >= 11 is 0. The molecule has 3 nitrogen and oxygen atoms in total. The standard InChI is InChI=1S/C9H19NO2/c1-10-8(6-11-2)4-5-9(10)7-12-3/h8-10H,1,4-7H2,2-3H3/t8-,9-/m1/s1. The molecule has 0 amide bonds. The monoisotopic (exact) mass is 173 g/mol. The summed E-state index contributed by atoms with van der Waals surface area (Å²) < 4.78 is 10.2. The van der Waals surface area contributed by atoms with Crippen molar-refractivity contribution in [2.24, 2.45) is 0 Å². The fourth-order valence-corrected chi connectivity index (χ4v) is 1.89. The van der Waals surface area contributed by atoms with Crippen LogP contribution in [0.1, 0.15) is 12.8 Å². The summed E-state index contributed by atoms with van der Waals surface area (Å²) in [4.78, 5) is 1.32. The van der Waals surface area contributed by atoms with E-state index in [1.165, 1.54) is 17.7 Å². The second kappa shape index (κ2) is 4.80. The molecule has 0 bridgehead atoms. The van der Waals surface area contributed by atoms with Gasteiger partial charge >= 0.3 is 0 Å². The number of hydrogen-bond acceptors (Lipinski definition) is 2. The van der Waals surface area contributed by atoms with E-state index in [-0.39, 0.29) is 0 Å². The summed E-state index contributed by atoms with van der Waals surface area (Å²) in [6.07, 6.45) is 2.42. The Balaban J connectivity index is 2.32. The third kappa shape index (κ3) is 2.19. The van der Waals surface area contributed by atoms with E-state index in [4.69, 9.17) is 9.47 Å². The van der Waals surface area contributed by atoms with Gasteiger partial charge in [0.2, 0.25) is 0 Å². The highest BCUT2D eigenvalue weighted by molar-refractivity contribution is 4.70. The molecule has 1 heterocycles. The van der Waals surface area contributed by atoms with Crippen LogP contribution >= 0.6 is 0 Å². The molecule has 1 N–H and O–H groups in total. The molecule has 1 aliphatic heterocycles. The van der Waals surface area contributed by atoms with E-state index >= 15 is 0 Å². The van der Waals surface area contributed by atoms with E-state index in [0.717, 1.165) is 13.2 Å². The van der Waals surface area contributed by atoms with E-state index in [9.17, 15) is 0 Å². The quantitative estimate of drug-likeness (QED) is 0.578. The highest BCUT2D eigenvalue weighted by Gasteiger charge is 2.30. The largest absolute Gasteiger partial charge is 0.459 e. The lowest BCUT2D eigenvalue weighted by Crippen LogP contribution is -3.13. The molecule has 1 aliphatic rings. The first kappa shape index (κ1) is 9.96. The topological polar surface area (TPSA) is 22.9 Å². The van der Waals surface area contributed by atoms with Gasteiger partial charge in [0, 0.05) is 27.1 Å². The minimum atomic E-state index is 0.565. The second-order valence-corrected chi connectivity index (χ2v) is 3.46. The molecule has 72 valence electrons. The van der Waals surface area contributed by atoms with Crippen LogP contribution in [0.25, 0.3) is 0 Å². The van der Waals surface area contributed by atoms with Crippen LogP contribution in [-0.4, -0.2) is 39.5 Å². The van der Waals surface area contributed by atoms with Crippen molar-refractivity contribution in [2.45, 2.75) is 24.9 Å². The Hall–Kier alpha value is -0.120. The van der Waals surface area contributed by atoms with Crippen molar-refractivity contribution in [3.05, 3.63) is 7.05 Å². The van der Waals surface area contributed by atoms with Crippen LogP contribution < -0.4 is 4.90 Å². The van der Waals surface area contributed by atoms with E-state index in [1.807, 2.05) is 0 Å². The third-order valence-corrected chi connectivity index (χ3v) is 2.65. The molecule has 0 aromatic rings. The average Bonchev–Trinajstić information content (AvgIpc) is 2.38. The lowest BCUT2D eigenvalue weighted by atomic mass is 10.2. The van der Waals surface area contributed by atoms with E-state index in [2.05, 4.69) is 7.05 Å². The first-order chi connectivity index (χ1) is 5.79. The van der Waals surface area contributed by atoms with Gasteiger partial charge in [-0.2, -0.15) is 7.05 Å². The molecule has 1 saturated heterocycles. The van der Waals surface area contributed by atoms with E-state index in [1.54, 1.807) is 14.2 Å². The minimum absolute atomic E-state index is 0.565. The summed E-state index contributed by atoms with van der Waals surface area (Å²) in [7, 11) is 7.59. The van der Waals surface area contributed by atoms with Gasteiger partial charge in [0.1, 0.15) is 0 Å². The lowest BCUT2D eigenvalue weighted by Gasteiger charge is -2.28. The van der Waals surface area contributed by atoms with Crippen molar-refractivity contribution in [2.75, 3.05) is 27.4 Å². The van der Waals surface area contributed by atoms with Gasteiger partial charge < -0.3 is 14.4 Å². The molecular weight excluding hydrogens is 154 g/mol. The molecule has 0 spiro atoms. The second-order valence-electron chi connectivity index (χ2n) is 3.46. The molecule has 0 aromatic heterocycles. The van der Waals surface area contributed by atoms with Crippen LogP contribution in [0.15, 0.2) is 0 Å². The van der Waals surface area contributed by atoms with Gasteiger partial charge in [0.05, 0.1) is 25.3 Å². The van der Waals surface area contributed by atoms with E-state index < -0.39 is 0 Å². The van der Waals surface area contributed by atoms with Crippen molar-refractivity contribution >= 4 is 0 Å². The molecule has 12 heavy (non-hydrogen) atoms. The highest BCUT2D eigenvalue weighted by atomic mass is 16.5. The molecule has 2 atom stereocenters. The summed E-state index contributed by atoms with van der Waals surface area (Å²) in [5.41, 5.74) is 0. The molecular formula is C9H19NO2. The van der Waals surface area contributed by atoms with Crippen LogP contribution in [0, 0.1) is 7.05 Å². The number of ether oxygens (including phenoxy) is 2. The minimum Gasteiger partial charge on any atom is -0.459 e. The Kier molecular flexibility index (Phi) is 3.98. The first-order valence-corrected chi connectivity index (χ1v) is 4.46. The zero-order valence-corrected chi connectivity index (χ0v) is 8.01. The van der Waals surface area contributed by atoms with Crippen LogP contribution in [0.4, 0.5) is 0 Å². The molecule has 1 rings (SSSR count). The molecule has 0 aromatic carbocycles. The summed E-state index contributed by atoms with van der Waals surface area (Å²) in [6.45, 7) is 1.64. The zero-order valence-electron chi connectivity index (χ0n) is 8.01. The van der Waals surface area contributed by atoms with Gasteiger partial charge in [-0.15, -0.1) is 0 Å². The van der Waals surface area contributed by atoms with Crippen molar-refractivity contribution in [3.8, 4) is 0 Å². The van der Waals surface area contributed by atoms with Gasteiger partial charge in [-0.1, -0.05) is 0 Å². The summed E-state index contributed by atoms with van der Waals surface area (Å²) in [5, 5.41) is 0. The summed E-state index contributed by atoms with van der Waals surface area (Å²) in [5.74, 6) is 0. The molecule has 3 heteroatoms. The first-order valence-electron chi connectivity index (χ1n) is 4.46. The third-order valence-electron chi connectivity index (χ3n) is 2.65. The normalized spacial score (nSPS) is 31.2. The maximum atomic E-state index is 5.12. The Morgan fingerprint density at radius 2 is 1.58 bits per heavy atom. The number of hydrogen-bond donors (Lipinski definition) is 1. The number of rotatable bonds is 4. The van der Waals surface area contributed by atoms with Gasteiger partial charge in [0.15, 0.2) is 0 Å². The zero-order chi connectivity index (χ0) is 8.97. The number of methoxy groups -OCH3 is 2. The molecule has 1 fully saturated rings. The SMILES string of the molecule is [CH2-][NH+]1[C@@H](COC)CC[C@@H]1COC. The predicted octanol–water partition coefficient (Wildman–Crippen LogP) is -0.513. The number of likely N-dealkylation sites (tertiary alicyclic amines) is 1. The Bertz CT molecular complexity index is 116. The molecule has 0 radical (unpaired) electrons. The lowest BCUT2D eigenvalue weighted by molar-refractivity contribution is -0.893. The van der Waals surface area contributed by atoms with Crippen molar-refractivity contribution in [1.29, 1.82) is 0 Å². The molecule has 0 aliphatic carbocycles. The van der Waals surface area contributed by atoms with Crippen LogP contribution in [0.3, 0.4) is 0 Å². The fourth-order valence-electron chi connectivity index (χ4n) is 1.89. The van der Waals surface area contributed by atoms with Crippen molar-refractivity contribution in [1.82, 2.24) is 0 Å². The predicted molar refractivity (Wildman–Crippen MR) is 46.9 cm³/mol. The van der Waals surface area contributed by atoms with Crippen LogP contribution in [-0.2, 0) is 9.47 Å². The Labute approximate surface area is 74.6 Å². The number of quaternary nitrogens is 1. The van der Waals surface area contributed by atoms with Gasteiger partial charge in [-0.25, -0.2) is 0 Å². The fraction of sp³-hybridized carbons (Fsp3) is 0.889. The maximum absolute atomic E-state index is 5.12. The van der Waals surface area contributed by atoms with Crippen LogP contribution in [0.5, 0.6) is 0 Å². The average molecular weight is 173 g/mol. The van der Waals surface area contributed by atoms with Crippen molar-refractivity contribution < 1.29 is 14.4 Å². The van der Waals surface area contributed by atoms with E-state index in [0.29, 0.717) is 12.1 Å². The number of nitrogens with one attached hydrogen (secondary N) is 1. The summed E-state index contributed by atoms with van der Waals surface area (Å²) in [6, 6.07) is 1.13. The van der Waals surface area contributed by atoms with Crippen molar-refractivity contribution in [3.63, 3.8) is 0 Å². The Morgan fingerprint density at radius 1 is 1.17 bits per heavy atom. The van der Waals surface area contributed by atoms with Gasteiger partial charge in [-0.3, -0.25) is 0 Å². The molecule has 0 unspecified atom stereocenters. The maximum Gasteiger partial charge on any atom is 0.0959 e. The highest BCUT2D eigenvalue weighted by Crippen LogP contribution is 2.06.